The predicted molar refractivity (Wildman–Crippen MR) is 107 cm³/mol. The lowest BCUT2D eigenvalue weighted by atomic mass is 9.79. The molecule has 1 aliphatic heterocycles. The Hall–Kier alpha value is -3.18. The van der Waals surface area contributed by atoms with Crippen LogP contribution in [-0.4, -0.2) is 46.7 Å². The third kappa shape index (κ3) is 4.38. The Kier molecular flexibility index (Phi) is 6.06. The van der Waals surface area contributed by atoms with Crippen LogP contribution in [-0.2, 0) is 9.59 Å². The highest BCUT2D eigenvalue weighted by atomic mass is 16.4. The van der Waals surface area contributed by atoms with E-state index >= 15 is 0 Å². The van der Waals surface area contributed by atoms with Gasteiger partial charge >= 0.3 is 11.9 Å². The van der Waals surface area contributed by atoms with E-state index in [1.807, 2.05) is 48.3 Å². The maximum atomic E-state index is 11.7. The summed E-state index contributed by atoms with van der Waals surface area (Å²) in [4.78, 5) is 24.7. The summed E-state index contributed by atoms with van der Waals surface area (Å²) in [6, 6.07) is 19.7. The molecule has 5 nitrogen and oxygen atoms in total. The molecule has 0 bridgehead atoms. The number of carboxylic acid groups (broad SMARTS) is 2. The summed E-state index contributed by atoms with van der Waals surface area (Å²) in [6.07, 6.45) is 3.39. The van der Waals surface area contributed by atoms with Crippen molar-refractivity contribution in [2.45, 2.75) is 18.4 Å². The van der Waals surface area contributed by atoms with Gasteiger partial charge < -0.3 is 10.2 Å². The summed E-state index contributed by atoms with van der Waals surface area (Å²) >= 11 is 0. The number of hydrogen-bond donors (Lipinski definition) is 2. The fourth-order valence-corrected chi connectivity index (χ4v) is 3.78. The Morgan fingerprint density at radius 1 is 1.00 bits per heavy atom. The highest BCUT2D eigenvalue weighted by molar-refractivity contribution is 5.95. The molecule has 1 aliphatic rings. The molecule has 144 valence electrons. The van der Waals surface area contributed by atoms with Crippen LogP contribution in [0.3, 0.4) is 0 Å². The fraction of sp³-hybridized carbons (Fsp3) is 0.217. The van der Waals surface area contributed by atoms with E-state index in [1.54, 1.807) is 0 Å². The maximum Gasteiger partial charge on any atom is 0.333 e. The molecule has 0 spiro atoms. The quantitative estimate of drug-likeness (QED) is 0.595. The van der Waals surface area contributed by atoms with E-state index in [-0.39, 0.29) is 11.5 Å². The predicted octanol–water partition coefficient (Wildman–Crippen LogP) is 3.54. The van der Waals surface area contributed by atoms with Crippen LogP contribution in [0.15, 0.2) is 84.0 Å². The zero-order chi connectivity index (χ0) is 20.1. The van der Waals surface area contributed by atoms with Gasteiger partial charge in [0.25, 0.3) is 0 Å². The lowest BCUT2D eigenvalue weighted by molar-refractivity contribution is -0.135. The molecule has 0 radical (unpaired) electrons. The third-order valence-corrected chi connectivity index (χ3v) is 5.12. The van der Waals surface area contributed by atoms with Gasteiger partial charge in [-0.1, -0.05) is 72.3 Å². The molecule has 0 saturated carbocycles. The molecular weight excluding hydrogens is 354 g/mol. The first-order valence-electron chi connectivity index (χ1n) is 9.14. The molecule has 2 N–H and O–H groups in total. The Labute approximate surface area is 164 Å². The van der Waals surface area contributed by atoms with Gasteiger partial charge in [-0.15, -0.1) is 0 Å². The van der Waals surface area contributed by atoms with Gasteiger partial charge in [-0.3, -0.25) is 4.90 Å². The van der Waals surface area contributed by atoms with E-state index in [0.717, 1.165) is 22.8 Å². The second-order valence-electron chi connectivity index (χ2n) is 6.94. The van der Waals surface area contributed by atoms with Crippen LogP contribution in [0.1, 0.15) is 23.5 Å². The lowest BCUT2D eigenvalue weighted by Gasteiger charge is -2.35. The third-order valence-electron chi connectivity index (χ3n) is 5.12. The van der Waals surface area contributed by atoms with Crippen LogP contribution in [0.5, 0.6) is 0 Å². The van der Waals surface area contributed by atoms with Crippen LogP contribution in [0.2, 0.25) is 0 Å². The number of likely N-dealkylation sites (N-methyl/N-ethyl adjacent to an activating group) is 1. The Morgan fingerprint density at radius 2 is 1.54 bits per heavy atom. The summed E-state index contributed by atoms with van der Waals surface area (Å²) in [7, 11) is 1.82. The van der Waals surface area contributed by atoms with Crippen LogP contribution in [0.4, 0.5) is 0 Å². The van der Waals surface area contributed by atoms with Gasteiger partial charge in [-0.25, -0.2) is 9.59 Å². The van der Waals surface area contributed by atoms with Gasteiger partial charge in [-0.2, -0.15) is 0 Å². The van der Waals surface area contributed by atoms with Gasteiger partial charge in [0.2, 0.25) is 0 Å². The first kappa shape index (κ1) is 19.6. The van der Waals surface area contributed by atoms with E-state index in [0.29, 0.717) is 13.0 Å². The molecule has 0 fully saturated rings. The number of benzene rings is 2. The molecule has 0 aliphatic carbocycles. The maximum absolute atomic E-state index is 11.7. The number of hydrogen-bond acceptors (Lipinski definition) is 3. The second kappa shape index (κ2) is 8.67. The van der Waals surface area contributed by atoms with E-state index < -0.39 is 18.0 Å². The van der Waals surface area contributed by atoms with E-state index in [9.17, 15) is 14.7 Å². The first-order chi connectivity index (χ1) is 13.5. The molecular formula is C23H23NO4. The molecule has 28 heavy (non-hydrogen) atoms. The molecule has 5 heteroatoms. The van der Waals surface area contributed by atoms with Gasteiger partial charge in [0.1, 0.15) is 0 Å². The lowest BCUT2D eigenvalue weighted by Crippen LogP contribution is -2.40. The average molecular weight is 377 g/mol. The molecule has 1 heterocycles. The van der Waals surface area contributed by atoms with Gasteiger partial charge in [0.05, 0.1) is 5.57 Å². The monoisotopic (exact) mass is 377 g/mol. The molecule has 1 unspecified atom stereocenters. The van der Waals surface area contributed by atoms with Crippen molar-refractivity contribution in [3.05, 3.63) is 95.1 Å². The first-order valence-corrected chi connectivity index (χ1v) is 9.14. The van der Waals surface area contributed by atoms with Crippen molar-refractivity contribution in [3.63, 3.8) is 0 Å². The molecule has 0 aromatic heterocycles. The van der Waals surface area contributed by atoms with Crippen LogP contribution in [0.25, 0.3) is 0 Å². The Balaban J connectivity index is 2.02. The molecule has 3 rings (SSSR count). The topological polar surface area (TPSA) is 77.8 Å². The van der Waals surface area contributed by atoms with E-state index in [4.69, 9.17) is 5.11 Å². The highest BCUT2D eigenvalue weighted by Gasteiger charge is 2.32. The van der Waals surface area contributed by atoms with Gasteiger partial charge in [-0.05, 0) is 24.6 Å². The minimum Gasteiger partial charge on any atom is -0.478 e. The minimum absolute atomic E-state index is 0.00141. The van der Waals surface area contributed by atoms with Crippen molar-refractivity contribution in [2.75, 3.05) is 13.6 Å². The summed E-state index contributed by atoms with van der Waals surface area (Å²) in [5.41, 5.74) is 3.25. The number of rotatable bonds is 6. The fourth-order valence-electron chi connectivity index (χ4n) is 3.78. The Bertz CT molecular complexity index is 863. The zero-order valence-corrected chi connectivity index (χ0v) is 15.7. The molecule has 0 amide bonds. The van der Waals surface area contributed by atoms with Crippen molar-refractivity contribution >= 4 is 11.9 Å². The smallest absolute Gasteiger partial charge is 0.333 e. The van der Waals surface area contributed by atoms with E-state index in [1.165, 1.54) is 0 Å². The number of carbonyl (C=O) groups is 2. The second-order valence-corrected chi connectivity index (χ2v) is 6.94. The van der Waals surface area contributed by atoms with Crippen molar-refractivity contribution < 1.29 is 19.8 Å². The molecule has 2 aromatic rings. The van der Waals surface area contributed by atoms with Crippen molar-refractivity contribution in [3.8, 4) is 0 Å². The van der Waals surface area contributed by atoms with Gasteiger partial charge in [0.15, 0.2) is 0 Å². The Morgan fingerprint density at radius 3 is 2.00 bits per heavy atom. The largest absolute Gasteiger partial charge is 0.478 e. The number of aliphatic carboxylic acids is 2. The average Bonchev–Trinajstić information content (AvgIpc) is 2.69. The SMILES string of the molecule is CN1CC=C(C(c2ccccc2)c2ccccc2)CC1C(=CC(=O)O)C(=O)O. The zero-order valence-electron chi connectivity index (χ0n) is 15.7. The standard InChI is InChI=1S/C23H23NO4/c1-24-13-12-18(14-20(24)19(23(27)28)15-21(25)26)22(16-8-4-2-5-9-16)17-10-6-3-7-11-17/h2-12,15,20,22H,13-14H2,1H3,(H,25,26)(H,27,28). The summed E-state index contributed by atoms with van der Waals surface area (Å²) < 4.78 is 0. The van der Waals surface area contributed by atoms with Crippen molar-refractivity contribution in [1.29, 1.82) is 0 Å². The van der Waals surface area contributed by atoms with Crippen LogP contribution in [0, 0.1) is 0 Å². The van der Waals surface area contributed by atoms with E-state index in [2.05, 4.69) is 30.3 Å². The molecule has 1 atom stereocenters. The van der Waals surface area contributed by atoms with Crippen molar-refractivity contribution in [1.82, 2.24) is 4.90 Å². The summed E-state index contributed by atoms with van der Waals surface area (Å²) in [6.45, 7) is 0.556. The van der Waals surface area contributed by atoms with Crippen molar-refractivity contribution in [2.24, 2.45) is 0 Å². The normalized spacial score (nSPS) is 18.0. The summed E-state index contributed by atoms with van der Waals surface area (Å²) in [5.74, 6) is -2.44. The van der Waals surface area contributed by atoms with Gasteiger partial charge in [0, 0.05) is 24.6 Å². The minimum atomic E-state index is -1.25. The van der Waals surface area contributed by atoms with Crippen LogP contribution >= 0.6 is 0 Å². The summed E-state index contributed by atoms with van der Waals surface area (Å²) in [5, 5.41) is 18.7. The highest BCUT2D eigenvalue weighted by Crippen LogP contribution is 2.37. The number of nitrogens with zero attached hydrogens (tertiary/aromatic N) is 1. The molecule has 2 aromatic carbocycles. The number of carboxylic acids is 2. The molecule has 0 saturated heterocycles. The van der Waals surface area contributed by atoms with Crippen LogP contribution < -0.4 is 0 Å².